The lowest BCUT2D eigenvalue weighted by molar-refractivity contribution is -0.191. The molecule has 3 N–H and O–H groups in total. The van der Waals surface area contributed by atoms with Crippen LogP contribution in [0.25, 0.3) is 0 Å². The van der Waals surface area contributed by atoms with Gasteiger partial charge in [-0.1, -0.05) is 20.3 Å². The molecule has 0 spiro atoms. The van der Waals surface area contributed by atoms with Crippen molar-refractivity contribution in [2.24, 2.45) is 23.7 Å². The van der Waals surface area contributed by atoms with E-state index in [-0.39, 0.29) is 36.9 Å². The summed E-state index contributed by atoms with van der Waals surface area (Å²) in [5.74, 6) is -0.975. The van der Waals surface area contributed by atoms with E-state index in [1.807, 2.05) is 13.8 Å². The van der Waals surface area contributed by atoms with Crippen LogP contribution >= 0.6 is 0 Å². The summed E-state index contributed by atoms with van der Waals surface area (Å²) in [5, 5.41) is 29.0. The summed E-state index contributed by atoms with van der Waals surface area (Å²) in [4.78, 5) is 12.0. The molecule has 1 aliphatic heterocycles. The molecule has 0 aromatic rings. The number of fused-ring (bicyclic) bond motifs is 1. The van der Waals surface area contributed by atoms with Crippen LogP contribution < -0.4 is 0 Å². The molecule has 0 aromatic heterocycles. The quantitative estimate of drug-likeness (QED) is 0.628. The SMILES string of the molecule is CCC(C)CC(=O)O[C@@H]1OC=C(CO)[C@H]2C[C@H](O)[C@H](CO)[C@@H]12. The van der Waals surface area contributed by atoms with Crippen LogP contribution in [0.3, 0.4) is 0 Å². The summed E-state index contributed by atoms with van der Waals surface area (Å²) in [6.45, 7) is 3.62. The van der Waals surface area contributed by atoms with Gasteiger partial charge >= 0.3 is 5.97 Å². The summed E-state index contributed by atoms with van der Waals surface area (Å²) in [6, 6.07) is 0. The second-order valence-corrected chi connectivity index (χ2v) is 6.40. The molecule has 6 heteroatoms. The van der Waals surface area contributed by atoms with Gasteiger partial charge in [0, 0.05) is 24.9 Å². The normalized spacial score (nSPS) is 35.3. The van der Waals surface area contributed by atoms with Gasteiger partial charge in [-0.15, -0.1) is 0 Å². The third kappa shape index (κ3) is 3.45. The molecule has 0 amide bonds. The molecule has 6 atom stereocenters. The average molecular weight is 314 g/mol. The summed E-state index contributed by atoms with van der Waals surface area (Å²) in [5.41, 5.74) is 0.675. The fourth-order valence-electron chi connectivity index (χ4n) is 3.38. The Bertz CT molecular complexity index is 421. The zero-order valence-electron chi connectivity index (χ0n) is 13.1. The van der Waals surface area contributed by atoms with Crippen molar-refractivity contribution >= 4 is 5.97 Å². The Balaban J connectivity index is 2.10. The van der Waals surface area contributed by atoms with E-state index in [9.17, 15) is 20.1 Å². The number of carbonyl (C=O) groups is 1. The van der Waals surface area contributed by atoms with Gasteiger partial charge in [0.1, 0.15) is 0 Å². The number of hydrogen-bond acceptors (Lipinski definition) is 6. The van der Waals surface area contributed by atoms with Crippen molar-refractivity contribution in [1.29, 1.82) is 0 Å². The summed E-state index contributed by atoms with van der Waals surface area (Å²) >= 11 is 0. The van der Waals surface area contributed by atoms with Gasteiger partial charge in [-0.05, 0) is 23.8 Å². The predicted octanol–water partition coefficient (Wildman–Crippen LogP) is 0.804. The van der Waals surface area contributed by atoms with Crippen LogP contribution in [0.1, 0.15) is 33.1 Å². The van der Waals surface area contributed by atoms with Crippen molar-refractivity contribution in [2.45, 2.75) is 45.5 Å². The third-order valence-corrected chi connectivity index (χ3v) is 4.95. The molecule has 2 rings (SSSR count). The molecular weight excluding hydrogens is 288 g/mol. The van der Waals surface area contributed by atoms with E-state index in [1.165, 1.54) is 6.26 Å². The molecule has 0 saturated heterocycles. The molecule has 1 saturated carbocycles. The molecule has 1 fully saturated rings. The van der Waals surface area contributed by atoms with Crippen LogP contribution in [0.5, 0.6) is 0 Å². The maximum absolute atomic E-state index is 12.0. The molecule has 22 heavy (non-hydrogen) atoms. The van der Waals surface area contributed by atoms with Gasteiger partial charge in [-0.2, -0.15) is 0 Å². The van der Waals surface area contributed by atoms with Gasteiger partial charge < -0.3 is 24.8 Å². The first-order valence-electron chi connectivity index (χ1n) is 7.95. The van der Waals surface area contributed by atoms with Crippen LogP contribution in [0, 0.1) is 23.7 Å². The number of aliphatic hydroxyl groups excluding tert-OH is 3. The smallest absolute Gasteiger partial charge is 0.309 e. The summed E-state index contributed by atoms with van der Waals surface area (Å²) < 4.78 is 10.9. The molecule has 1 heterocycles. The van der Waals surface area contributed by atoms with Crippen LogP contribution in [0.2, 0.25) is 0 Å². The highest BCUT2D eigenvalue weighted by Crippen LogP contribution is 2.46. The zero-order valence-corrected chi connectivity index (χ0v) is 13.1. The number of aliphatic hydroxyl groups is 3. The first-order chi connectivity index (χ1) is 10.5. The molecule has 126 valence electrons. The predicted molar refractivity (Wildman–Crippen MR) is 78.4 cm³/mol. The highest BCUT2D eigenvalue weighted by atomic mass is 16.7. The molecule has 1 aliphatic carbocycles. The Kier molecular flexibility index (Phi) is 5.83. The minimum Gasteiger partial charge on any atom is -0.462 e. The summed E-state index contributed by atoms with van der Waals surface area (Å²) in [7, 11) is 0. The fraction of sp³-hybridized carbons (Fsp3) is 0.812. The van der Waals surface area contributed by atoms with Gasteiger partial charge in [0.05, 0.1) is 19.0 Å². The highest BCUT2D eigenvalue weighted by molar-refractivity contribution is 5.69. The molecule has 0 aromatic carbocycles. The van der Waals surface area contributed by atoms with E-state index >= 15 is 0 Å². The van der Waals surface area contributed by atoms with Crippen molar-refractivity contribution in [3.63, 3.8) is 0 Å². The Hall–Kier alpha value is -1.11. The lowest BCUT2D eigenvalue weighted by Gasteiger charge is -2.35. The van der Waals surface area contributed by atoms with Crippen LogP contribution in [0.4, 0.5) is 0 Å². The van der Waals surface area contributed by atoms with Gasteiger partial charge in [0.2, 0.25) is 6.29 Å². The van der Waals surface area contributed by atoms with Crippen LogP contribution in [0.15, 0.2) is 11.8 Å². The minimum atomic E-state index is -0.814. The third-order valence-electron chi connectivity index (χ3n) is 4.95. The van der Waals surface area contributed by atoms with E-state index < -0.39 is 18.3 Å². The number of carbonyl (C=O) groups excluding carboxylic acids is 1. The van der Waals surface area contributed by atoms with E-state index in [4.69, 9.17) is 9.47 Å². The summed E-state index contributed by atoms with van der Waals surface area (Å²) in [6.07, 6.45) is 1.56. The standard InChI is InChI=1S/C16H26O6/c1-3-9(2)4-14(20)22-16-15-11(10(6-17)8-21-16)5-13(19)12(15)7-18/h8-9,11-13,15-19H,3-7H2,1-2H3/t9?,11-,12+,13+,15+,16+/m1/s1. The Morgan fingerprint density at radius 3 is 2.82 bits per heavy atom. The molecular formula is C16H26O6. The Morgan fingerprint density at radius 1 is 1.50 bits per heavy atom. The van der Waals surface area contributed by atoms with Gasteiger partial charge in [0.25, 0.3) is 0 Å². The van der Waals surface area contributed by atoms with E-state index in [0.29, 0.717) is 18.4 Å². The Labute approximate surface area is 130 Å². The monoisotopic (exact) mass is 314 g/mol. The maximum Gasteiger partial charge on any atom is 0.309 e. The topological polar surface area (TPSA) is 96.2 Å². The van der Waals surface area contributed by atoms with Crippen molar-refractivity contribution < 1.29 is 29.6 Å². The second kappa shape index (κ2) is 7.44. The number of hydrogen-bond donors (Lipinski definition) is 3. The average Bonchev–Trinajstić information content (AvgIpc) is 2.83. The van der Waals surface area contributed by atoms with Crippen LogP contribution in [-0.2, 0) is 14.3 Å². The molecule has 6 nitrogen and oxygen atoms in total. The molecule has 2 aliphatic rings. The number of rotatable bonds is 6. The molecule has 0 radical (unpaired) electrons. The van der Waals surface area contributed by atoms with Gasteiger partial charge in [0.15, 0.2) is 0 Å². The van der Waals surface area contributed by atoms with Crippen molar-refractivity contribution in [3.05, 3.63) is 11.8 Å². The van der Waals surface area contributed by atoms with Gasteiger partial charge in [-0.25, -0.2) is 0 Å². The van der Waals surface area contributed by atoms with Crippen molar-refractivity contribution in [3.8, 4) is 0 Å². The maximum atomic E-state index is 12.0. The van der Waals surface area contributed by atoms with Crippen LogP contribution in [-0.4, -0.2) is 46.9 Å². The number of esters is 1. The largest absolute Gasteiger partial charge is 0.462 e. The zero-order chi connectivity index (χ0) is 16.3. The van der Waals surface area contributed by atoms with Gasteiger partial charge in [-0.3, -0.25) is 4.79 Å². The van der Waals surface area contributed by atoms with E-state index in [0.717, 1.165) is 6.42 Å². The second-order valence-electron chi connectivity index (χ2n) is 6.40. The lowest BCUT2D eigenvalue weighted by atomic mass is 9.83. The minimum absolute atomic E-state index is 0.132. The first-order valence-corrected chi connectivity index (χ1v) is 7.95. The van der Waals surface area contributed by atoms with E-state index in [2.05, 4.69) is 0 Å². The Morgan fingerprint density at radius 2 is 2.23 bits per heavy atom. The number of ether oxygens (including phenoxy) is 2. The van der Waals surface area contributed by atoms with E-state index in [1.54, 1.807) is 0 Å². The highest BCUT2D eigenvalue weighted by Gasteiger charge is 2.51. The van der Waals surface area contributed by atoms with Crippen molar-refractivity contribution in [1.82, 2.24) is 0 Å². The fourth-order valence-corrected chi connectivity index (χ4v) is 3.38. The molecule has 0 bridgehead atoms. The molecule has 1 unspecified atom stereocenters. The lowest BCUT2D eigenvalue weighted by Crippen LogP contribution is -2.40. The first kappa shape index (κ1) is 17.2. The van der Waals surface area contributed by atoms with Crippen molar-refractivity contribution in [2.75, 3.05) is 13.2 Å².